The first-order chi connectivity index (χ1) is 7.34. The Kier molecular flexibility index (Phi) is 5.92. The lowest BCUT2D eigenvalue weighted by molar-refractivity contribution is 0.0928. The monoisotopic (exact) mass is 210 g/mol. The van der Waals surface area contributed by atoms with E-state index in [1.165, 1.54) is 5.56 Å². The van der Waals surface area contributed by atoms with Crippen LogP contribution in [0.3, 0.4) is 0 Å². The van der Waals surface area contributed by atoms with Crippen molar-refractivity contribution >= 4 is 0 Å². The van der Waals surface area contributed by atoms with Crippen LogP contribution in [0.15, 0.2) is 24.5 Å². The van der Waals surface area contributed by atoms with Gasteiger partial charge < -0.3 is 15.2 Å². The van der Waals surface area contributed by atoms with E-state index in [9.17, 15) is 0 Å². The maximum absolute atomic E-state index is 8.50. The summed E-state index contributed by atoms with van der Waals surface area (Å²) in [6, 6.07) is 4.24. The van der Waals surface area contributed by atoms with E-state index >= 15 is 0 Å². The fourth-order valence-electron chi connectivity index (χ4n) is 1.26. The zero-order chi connectivity index (χ0) is 10.9. The number of aliphatic hydroxyl groups excluding tert-OH is 1. The van der Waals surface area contributed by atoms with Gasteiger partial charge in [0, 0.05) is 25.0 Å². The Hall–Kier alpha value is -0.970. The number of hydrogen-bond donors (Lipinski definition) is 2. The van der Waals surface area contributed by atoms with E-state index in [1.807, 2.05) is 18.3 Å². The van der Waals surface area contributed by atoms with Gasteiger partial charge in [-0.2, -0.15) is 0 Å². The Bertz CT molecular complexity index is 254. The predicted molar refractivity (Wildman–Crippen MR) is 58.6 cm³/mol. The summed E-state index contributed by atoms with van der Waals surface area (Å²) in [5.41, 5.74) is 1.17. The topological polar surface area (TPSA) is 54.4 Å². The molecule has 1 heterocycles. The minimum atomic E-state index is 0.0815. The number of nitrogens with zero attached hydrogens (tertiary/aromatic N) is 1. The van der Waals surface area contributed by atoms with Gasteiger partial charge in [0.25, 0.3) is 0 Å². The zero-order valence-corrected chi connectivity index (χ0v) is 9.02. The molecule has 4 nitrogen and oxygen atoms in total. The highest BCUT2D eigenvalue weighted by molar-refractivity contribution is 5.12. The predicted octanol–water partition coefficient (Wildman–Crippen LogP) is 0.741. The average molecular weight is 210 g/mol. The van der Waals surface area contributed by atoms with E-state index in [0.29, 0.717) is 13.2 Å². The first-order valence-electron chi connectivity index (χ1n) is 5.16. The molecule has 0 amide bonds. The minimum absolute atomic E-state index is 0.0815. The highest BCUT2D eigenvalue weighted by Gasteiger charge is 2.02. The van der Waals surface area contributed by atoms with E-state index in [0.717, 1.165) is 6.54 Å². The largest absolute Gasteiger partial charge is 0.394 e. The van der Waals surface area contributed by atoms with Gasteiger partial charge in [0.15, 0.2) is 0 Å². The maximum Gasteiger partial charge on any atom is 0.0698 e. The van der Waals surface area contributed by atoms with Crippen LogP contribution in [0.1, 0.15) is 18.5 Å². The van der Waals surface area contributed by atoms with Crippen molar-refractivity contribution in [3.05, 3.63) is 30.1 Å². The van der Waals surface area contributed by atoms with Gasteiger partial charge in [0.2, 0.25) is 0 Å². The van der Waals surface area contributed by atoms with Crippen molar-refractivity contribution in [2.24, 2.45) is 0 Å². The fourth-order valence-corrected chi connectivity index (χ4v) is 1.26. The van der Waals surface area contributed by atoms with E-state index < -0.39 is 0 Å². The Morgan fingerprint density at radius 2 is 2.40 bits per heavy atom. The normalized spacial score (nSPS) is 12.7. The van der Waals surface area contributed by atoms with Crippen LogP contribution in [-0.2, 0) is 4.74 Å². The maximum atomic E-state index is 8.50. The number of aliphatic hydroxyl groups is 1. The molecule has 0 aliphatic carbocycles. The molecule has 0 saturated carbocycles. The fraction of sp³-hybridized carbons (Fsp3) is 0.545. The van der Waals surface area contributed by atoms with Gasteiger partial charge in [-0.3, -0.25) is 4.98 Å². The first-order valence-corrected chi connectivity index (χ1v) is 5.16. The van der Waals surface area contributed by atoms with Crippen molar-refractivity contribution in [1.82, 2.24) is 10.3 Å². The van der Waals surface area contributed by atoms with Crippen LogP contribution in [0.4, 0.5) is 0 Å². The second-order valence-corrected chi connectivity index (χ2v) is 3.30. The number of hydrogen-bond acceptors (Lipinski definition) is 4. The van der Waals surface area contributed by atoms with Gasteiger partial charge in [-0.1, -0.05) is 6.07 Å². The Morgan fingerprint density at radius 3 is 3.07 bits per heavy atom. The summed E-state index contributed by atoms with van der Waals surface area (Å²) < 4.78 is 5.14. The Balaban J connectivity index is 2.16. The lowest BCUT2D eigenvalue weighted by Gasteiger charge is -2.13. The van der Waals surface area contributed by atoms with Gasteiger partial charge in [0.05, 0.1) is 19.8 Å². The highest BCUT2D eigenvalue weighted by Crippen LogP contribution is 2.08. The quantitative estimate of drug-likeness (QED) is 0.652. The third-order valence-corrected chi connectivity index (χ3v) is 2.12. The van der Waals surface area contributed by atoms with E-state index in [2.05, 4.69) is 17.2 Å². The molecule has 0 aliphatic rings. The number of ether oxygens (including phenoxy) is 1. The summed E-state index contributed by atoms with van der Waals surface area (Å²) in [6.07, 6.45) is 3.62. The van der Waals surface area contributed by atoms with E-state index in [-0.39, 0.29) is 12.6 Å². The molecule has 0 saturated heterocycles. The lowest BCUT2D eigenvalue weighted by atomic mass is 10.1. The van der Waals surface area contributed by atoms with Crippen LogP contribution < -0.4 is 5.32 Å². The second-order valence-electron chi connectivity index (χ2n) is 3.30. The number of pyridine rings is 1. The molecular formula is C11H18N2O2. The minimum Gasteiger partial charge on any atom is -0.394 e. The van der Waals surface area contributed by atoms with Crippen molar-refractivity contribution in [1.29, 1.82) is 0 Å². The smallest absolute Gasteiger partial charge is 0.0698 e. The molecule has 0 fully saturated rings. The van der Waals surface area contributed by atoms with Gasteiger partial charge in [-0.25, -0.2) is 0 Å². The molecule has 2 N–H and O–H groups in total. The van der Waals surface area contributed by atoms with Crippen molar-refractivity contribution in [2.75, 3.05) is 26.4 Å². The summed E-state index contributed by atoms with van der Waals surface area (Å²) in [5, 5.41) is 11.8. The zero-order valence-electron chi connectivity index (χ0n) is 9.02. The summed E-state index contributed by atoms with van der Waals surface area (Å²) in [7, 11) is 0. The number of aromatic nitrogens is 1. The molecule has 1 aromatic heterocycles. The van der Waals surface area contributed by atoms with E-state index in [1.54, 1.807) is 6.20 Å². The van der Waals surface area contributed by atoms with Crippen LogP contribution in [0.25, 0.3) is 0 Å². The molecule has 0 radical (unpaired) electrons. The summed E-state index contributed by atoms with van der Waals surface area (Å²) in [4.78, 5) is 4.06. The molecule has 4 heteroatoms. The van der Waals surface area contributed by atoms with Crippen LogP contribution >= 0.6 is 0 Å². The van der Waals surface area contributed by atoms with Crippen molar-refractivity contribution in [2.45, 2.75) is 13.0 Å². The molecule has 1 rings (SSSR count). The molecule has 15 heavy (non-hydrogen) atoms. The number of rotatable bonds is 7. The summed E-state index contributed by atoms with van der Waals surface area (Å²) >= 11 is 0. The van der Waals surface area contributed by atoms with Crippen molar-refractivity contribution < 1.29 is 9.84 Å². The third-order valence-electron chi connectivity index (χ3n) is 2.12. The first kappa shape index (κ1) is 12.1. The lowest BCUT2D eigenvalue weighted by Crippen LogP contribution is -2.23. The van der Waals surface area contributed by atoms with Crippen LogP contribution in [-0.4, -0.2) is 36.5 Å². The molecule has 0 aliphatic heterocycles. The molecule has 0 bridgehead atoms. The van der Waals surface area contributed by atoms with Crippen molar-refractivity contribution in [3.8, 4) is 0 Å². The van der Waals surface area contributed by atoms with Crippen molar-refractivity contribution in [3.63, 3.8) is 0 Å². The summed E-state index contributed by atoms with van der Waals surface area (Å²) in [5.74, 6) is 0. The van der Waals surface area contributed by atoms with Crippen LogP contribution in [0.2, 0.25) is 0 Å². The number of nitrogens with one attached hydrogen (secondary N) is 1. The van der Waals surface area contributed by atoms with Gasteiger partial charge in [-0.15, -0.1) is 0 Å². The van der Waals surface area contributed by atoms with Gasteiger partial charge in [-0.05, 0) is 18.6 Å². The molecular weight excluding hydrogens is 192 g/mol. The molecule has 0 aromatic carbocycles. The average Bonchev–Trinajstić information content (AvgIpc) is 2.30. The molecule has 1 atom stereocenters. The molecule has 0 spiro atoms. The summed E-state index contributed by atoms with van der Waals surface area (Å²) in [6.45, 7) is 3.96. The second kappa shape index (κ2) is 7.34. The third kappa shape index (κ3) is 4.88. The Labute approximate surface area is 90.3 Å². The van der Waals surface area contributed by atoms with Crippen LogP contribution in [0, 0.1) is 0 Å². The van der Waals surface area contributed by atoms with E-state index in [4.69, 9.17) is 9.84 Å². The van der Waals surface area contributed by atoms with Crippen LogP contribution in [0.5, 0.6) is 0 Å². The van der Waals surface area contributed by atoms with Gasteiger partial charge in [0.1, 0.15) is 0 Å². The molecule has 0 unspecified atom stereocenters. The molecule has 1 aromatic rings. The standard InChI is InChI=1S/C11H18N2O2/c1-10(11-3-2-4-12-9-11)13-5-7-15-8-6-14/h2-4,9-10,13-14H,5-8H2,1H3/t10-/m0/s1. The van der Waals surface area contributed by atoms with Gasteiger partial charge >= 0.3 is 0 Å². The molecule has 84 valence electrons. The SMILES string of the molecule is C[C@H](NCCOCCO)c1cccnc1. The highest BCUT2D eigenvalue weighted by atomic mass is 16.5. The Morgan fingerprint density at radius 1 is 1.53 bits per heavy atom.